The van der Waals surface area contributed by atoms with Crippen molar-refractivity contribution in [3.63, 3.8) is 0 Å². The lowest BCUT2D eigenvalue weighted by Gasteiger charge is -2.06. The molecule has 0 bridgehead atoms. The summed E-state index contributed by atoms with van der Waals surface area (Å²) in [6.07, 6.45) is 1.78. The Morgan fingerprint density at radius 2 is 2.00 bits per heavy atom. The van der Waals surface area contributed by atoms with E-state index in [1.807, 2.05) is 49.4 Å². The molecule has 1 aromatic carbocycles. The van der Waals surface area contributed by atoms with Crippen LogP contribution in [0.1, 0.15) is 16.8 Å². The predicted molar refractivity (Wildman–Crippen MR) is 101 cm³/mol. The minimum atomic E-state index is -0.0992. The number of hydrogen-bond donors (Lipinski definition) is 1. The molecule has 2 aromatic heterocycles. The first-order valence-electron chi connectivity index (χ1n) is 7.99. The summed E-state index contributed by atoms with van der Waals surface area (Å²) in [4.78, 5) is 28.5. The van der Waals surface area contributed by atoms with Gasteiger partial charge in [-0.15, -0.1) is 11.8 Å². The van der Waals surface area contributed by atoms with E-state index in [2.05, 4.69) is 10.3 Å². The van der Waals surface area contributed by atoms with Gasteiger partial charge < -0.3 is 5.32 Å². The van der Waals surface area contributed by atoms with Crippen LogP contribution in [0, 0.1) is 6.92 Å². The number of carbonyl (C=O) groups excluding carboxylic acids is 1. The van der Waals surface area contributed by atoms with E-state index in [4.69, 9.17) is 0 Å². The van der Waals surface area contributed by atoms with Crippen LogP contribution in [0.25, 0.3) is 5.65 Å². The molecule has 5 nitrogen and oxygen atoms in total. The van der Waals surface area contributed by atoms with Crippen molar-refractivity contribution in [2.24, 2.45) is 0 Å². The molecule has 1 amide bonds. The van der Waals surface area contributed by atoms with Gasteiger partial charge >= 0.3 is 0 Å². The van der Waals surface area contributed by atoms with E-state index in [0.717, 1.165) is 11.1 Å². The number of amides is 1. The number of carbonyl (C=O) groups is 1. The molecule has 2 heterocycles. The molecule has 6 heteroatoms. The minimum Gasteiger partial charge on any atom is -0.351 e. The van der Waals surface area contributed by atoms with Gasteiger partial charge in [0, 0.05) is 24.6 Å². The Morgan fingerprint density at radius 3 is 2.80 bits per heavy atom. The van der Waals surface area contributed by atoms with Crippen molar-refractivity contribution in [3.8, 4) is 0 Å². The van der Waals surface area contributed by atoms with Crippen LogP contribution in [0.4, 0.5) is 0 Å². The van der Waals surface area contributed by atoms with E-state index >= 15 is 0 Å². The van der Waals surface area contributed by atoms with Crippen molar-refractivity contribution < 1.29 is 4.79 Å². The summed E-state index contributed by atoms with van der Waals surface area (Å²) in [5.74, 6) is 0.835. The van der Waals surface area contributed by atoms with Crippen LogP contribution in [-0.2, 0) is 17.1 Å². The number of thioether (sulfide) groups is 1. The molecule has 0 aliphatic carbocycles. The van der Waals surface area contributed by atoms with Gasteiger partial charge in [0.25, 0.3) is 5.56 Å². The molecule has 3 aromatic rings. The highest BCUT2D eigenvalue weighted by Crippen LogP contribution is 2.10. The molecule has 0 unspecified atom stereocenters. The SMILES string of the molecule is Cc1ccc2nc(CSCC(=O)NCc3ccccc3)cc(=O)n2c1. The van der Waals surface area contributed by atoms with Crippen LogP contribution in [0.15, 0.2) is 59.5 Å². The molecule has 0 fully saturated rings. The maximum atomic E-state index is 12.1. The van der Waals surface area contributed by atoms with Crippen molar-refractivity contribution >= 4 is 23.3 Å². The Bertz CT molecular complexity index is 938. The zero-order valence-electron chi connectivity index (χ0n) is 13.9. The number of hydrogen-bond acceptors (Lipinski definition) is 4. The third-order valence-corrected chi connectivity index (χ3v) is 4.64. The second-order valence-corrected chi connectivity index (χ2v) is 6.76. The second-order valence-electron chi connectivity index (χ2n) is 5.78. The Labute approximate surface area is 150 Å². The summed E-state index contributed by atoms with van der Waals surface area (Å²) in [5, 5.41) is 2.89. The van der Waals surface area contributed by atoms with Crippen molar-refractivity contribution in [3.05, 3.63) is 81.9 Å². The molecule has 0 aliphatic rings. The fourth-order valence-corrected chi connectivity index (χ4v) is 3.17. The third-order valence-electron chi connectivity index (χ3n) is 3.68. The number of aryl methyl sites for hydroxylation is 1. The van der Waals surface area contributed by atoms with Crippen LogP contribution in [-0.4, -0.2) is 21.0 Å². The zero-order valence-corrected chi connectivity index (χ0v) is 14.8. The van der Waals surface area contributed by atoms with Gasteiger partial charge in [0.2, 0.25) is 5.91 Å². The van der Waals surface area contributed by atoms with Crippen LogP contribution < -0.4 is 10.9 Å². The van der Waals surface area contributed by atoms with Crippen molar-refractivity contribution in [1.82, 2.24) is 14.7 Å². The smallest absolute Gasteiger partial charge is 0.258 e. The molecule has 1 N–H and O–H groups in total. The maximum Gasteiger partial charge on any atom is 0.258 e. The van der Waals surface area contributed by atoms with E-state index in [-0.39, 0.29) is 11.5 Å². The van der Waals surface area contributed by atoms with Crippen molar-refractivity contribution in [1.29, 1.82) is 0 Å². The van der Waals surface area contributed by atoms with Gasteiger partial charge in [-0.2, -0.15) is 0 Å². The van der Waals surface area contributed by atoms with E-state index in [9.17, 15) is 9.59 Å². The molecule has 0 atom stereocenters. The molecule has 3 rings (SSSR count). The van der Waals surface area contributed by atoms with Gasteiger partial charge in [-0.1, -0.05) is 36.4 Å². The summed E-state index contributed by atoms with van der Waals surface area (Å²) < 4.78 is 1.54. The number of nitrogens with one attached hydrogen (secondary N) is 1. The average molecular weight is 353 g/mol. The quantitative estimate of drug-likeness (QED) is 0.740. The molecule has 0 radical (unpaired) electrons. The third kappa shape index (κ3) is 4.70. The molecular formula is C19H19N3O2S. The van der Waals surface area contributed by atoms with Gasteiger partial charge in [0.15, 0.2) is 0 Å². The monoisotopic (exact) mass is 353 g/mol. The van der Waals surface area contributed by atoms with E-state index in [0.29, 0.717) is 29.4 Å². The first kappa shape index (κ1) is 17.2. The Morgan fingerprint density at radius 1 is 1.20 bits per heavy atom. The highest BCUT2D eigenvalue weighted by Gasteiger charge is 2.05. The predicted octanol–water partition coefficient (Wildman–Crippen LogP) is 2.55. The molecule has 0 saturated heterocycles. The van der Waals surface area contributed by atoms with Crippen LogP contribution >= 0.6 is 11.8 Å². The van der Waals surface area contributed by atoms with Gasteiger partial charge in [0.1, 0.15) is 5.65 Å². The molecule has 0 saturated carbocycles. The lowest BCUT2D eigenvalue weighted by molar-refractivity contribution is -0.118. The van der Waals surface area contributed by atoms with E-state index < -0.39 is 0 Å². The molecule has 0 spiro atoms. The Kier molecular flexibility index (Phi) is 5.50. The molecular weight excluding hydrogens is 334 g/mol. The fraction of sp³-hybridized carbons (Fsp3) is 0.211. The topological polar surface area (TPSA) is 63.5 Å². The van der Waals surface area contributed by atoms with Crippen LogP contribution in [0.5, 0.6) is 0 Å². The number of aromatic nitrogens is 2. The highest BCUT2D eigenvalue weighted by molar-refractivity contribution is 7.99. The molecule has 128 valence electrons. The fourth-order valence-electron chi connectivity index (χ4n) is 2.43. The lowest BCUT2D eigenvalue weighted by atomic mass is 10.2. The molecule has 0 aliphatic heterocycles. The van der Waals surface area contributed by atoms with E-state index in [1.165, 1.54) is 22.2 Å². The Hall–Kier alpha value is -2.60. The summed E-state index contributed by atoms with van der Waals surface area (Å²) in [6, 6.07) is 15.1. The van der Waals surface area contributed by atoms with Crippen molar-refractivity contribution in [2.45, 2.75) is 19.2 Å². The van der Waals surface area contributed by atoms with Gasteiger partial charge in [-0.25, -0.2) is 4.98 Å². The zero-order chi connectivity index (χ0) is 17.6. The minimum absolute atomic E-state index is 0.0259. The number of benzene rings is 1. The Balaban J connectivity index is 1.53. The standard InChI is InChI=1S/C19H19N3O2S/c1-14-7-8-17-21-16(9-19(24)22(17)11-14)12-25-13-18(23)20-10-15-5-3-2-4-6-15/h2-9,11H,10,12-13H2,1H3,(H,20,23). The van der Waals surface area contributed by atoms with Crippen LogP contribution in [0.2, 0.25) is 0 Å². The summed E-state index contributed by atoms with van der Waals surface area (Å²) in [6.45, 7) is 2.46. The average Bonchev–Trinajstić information content (AvgIpc) is 2.61. The number of rotatable bonds is 6. The number of fused-ring (bicyclic) bond motifs is 1. The van der Waals surface area contributed by atoms with Crippen LogP contribution in [0.3, 0.4) is 0 Å². The maximum absolute atomic E-state index is 12.1. The van der Waals surface area contributed by atoms with Gasteiger partial charge in [-0.3, -0.25) is 14.0 Å². The summed E-state index contributed by atoms with van der Waals surface area (Å²) >= 11 is 1.45. The first-order chi connectivity index (χ1) is 12.1. The van der Waals surface area contributed by atoms with E-state index in [1.54, 1.807) is 6.20 Å². The first-order valence-corrected chi connectivity index (χ1v) is 9.14. The largest absolute Gasteiger partial charge is 0.351 e. The van der Waals surface area contributed by atoms with Gasteiger partial charge in [-0.05, 0) is 24.1 Å². The molecule has 25 heavy (non-hydrogen) atoms. The number of pyridine rings is 1. The van der Waals surface area contributed by atoms with Crippen molar-refractivity contribution in [2.75, 3.05) is 5.75 Å². The summed E-state index contributed by atoms with van der Waals surface area (Å²) in [5.41, 5.74) is 3.30. The normalized spacial score (nSPS) is 10.8. The lowest BCUT2D eigenvalue weighted by Crippen LogP contribution is -2.24. The highest BCUT2D eigenvalue weighted by atomic mass is 32.2. The second kappa shape index (κ2) is 7.98. The summed E-state index contributed by atoms with van der Waals surface area (Å²) in [7, 11) is 0. The number of nitrogens with zero attached hydrogens (tertiary/aromatic N) is 2. The van der Waals surface area contributed by atoms with Gasteiger partial charge in [0.05, 0.1) is 11.4 Å².